The fourth-order valence-corrected chi connectivity index (χ4v) is 2.11. The van der Waals surface area contributed by atoms with Crippen molar-refractivity contribution in [1.29, 1.82) is 5.26 Å². The molecule has 4 heteroatoms. The Bertz CT molecular complexity index is 522. The lowest BCUT2D eigenvalue weighted by atomic mass is 10.1. The number of hydrogen-bond acceptors (Lipinski definition) is 2. The van der Waals surface area contributed by atoms with Crippen LogP contribution in [0, 0.1) is 18.3 Å². The second-order valence-corrected chi connectivity index (χ2v) is 3.93. The molecule has 0 radical (unpaired) electrons. The van der Waals surface area contributed by atoms with Crippen molar-refractivity contribution < 1.29 is 0 Å². The van der Waals surface area contributed by atoms with Gasteiger partial charge in [0.15, 0.2) is 0 Å². The average molecular weight is 250 g/mol. The van der Waals surface area contributed by atoms with Crippen LogP contribution in [0.5, 0.6) is 0 Å². The lowest BCUT2D eigenvalue weighted by Gasteiger charge is -1.95. The van der Waals surface area contributed by atoms with Crippen molar-refractivity contribution in [2.75, 3.05) is 0 Å². The summed E-state index contributed by atoms with van der Waals surface area (Å²) in [5, 5.41) is 9.73. The van der Waals surface area contributed by atoms with E-state index in [1.165, 1.54) is 0 Å². The van der Waals surface area contributed by atoms with Crippen LogP contribution in [0.15, 0.2) is 16.7 Å². The number of fused-ring (bicyclic) bond motifs is 1. The molecule has 0 spiro atoms. The van der Waals surface area contributed by atoms with Gasteiger partial charge in [-0.15, -0.1) is 0 Å². The van der Waals surface area contributed by atoms with Gasteiger partial charge in [-0.3, -0.25) is 0 Å². The summed E-state index contributed by atoms with van der Waals surface area (Å²) in [6.07, 6.45) is 2.15. The van der Waals surface area contributed by atoms with E-state index in [-0.39, 0.29) is 0 Å². The Morgan fingerprint density at radius 1 is 1.64 bits per heavy atom. The Morgan fingerprint density at radius 2 is 2.43 bits per heavy atom. The smallest absolute Gasteiger partial charge is 0.138 e. The maximum absolute atomic E-state index is 8.71. The molecule has 2 heterocycles. The zero-order valence-electron chi connectivity index (χ0n) is 7.63. The Morgan fingerprint density at radius 3 is 3.14 bits per heavy atom. The maximum Gasteiger partial charge on any atom is 0.138 e. The minimum absolute atomic E-state index is 0.413. The first kappa shape index (κ1) is 9.22. The van der Waals surface area contributed by atoms with E-state index in [4.69, 9.17) is 5.26 Å². The van der Waals surface area contributed by atoms with Crippen LogP contribution in [0.2, 0.25) is 0 Å². The molecule has 2 aromatic rings. The molecule has 0 saturated heterocycles. The number of H-pyrrole nitrogens is 1. The molecule has 0 aliphatic carbocycles. The molecule has 0 aliphatic heterocycles. The highest BCUT2D eigenvalue weighted by Gasteiger charge is 2.11. The largest absolute Gasteiger partial charge is 0.343 e. The van der Waals surface area contributed by atoms with Crippen LogP contribution in [0.1, 0.15) is 11.3 Å². The highest BCUT2D eigenvalue weighted by molar-refractivity contribution is 9.10. The zero-order chi connectivity index (χ0) is 10.1. The van der Waals surface area contributed by atoms with Gasteiger partial charge in [0.2, 0.25) is 0 Å². The lowest BCUT2D eigenvalue weighted by molar-refractivity contribution is 1.18. The molecule has 2 rings (SSSR count). The van der Waals surface area contributed by atoms with Gasteiger partial charge < -0.3 is 4.98 Å². The second kappa shape index (κ2) is 3.43. The van der Waals surface area contributed by atoms with E-state index in [0.29, 0.717) is 6.42 Å². The topological polar surface area (TPSA) is 52.5 Å². The van der Waals surface area contributed by atoms with E-state index in [1.54, 1.807) is 6.20 Å². The summed E-state index contributed by atoms with van der Waals surface area (Å²) in [7, 11) is 0. The van der Waals surface area contributed by atoms with Crippen LogP contribution < -0.4 is 0 Å². The van der Waals surface area contributed by atoms with Gasteiger partial charge in [0, 0.05) is 21.7 Å². The standard InChI is InChI=1S/C10H8BrN3/c1-6-7(2-4-12)9-8(11)3-5-13-10(9)14-6/h3,5H,2H2,1H3,(H,13,14). The summed E-state index contributed by atoms with van der Waals surface area (Å²) < 4.78 is 0.983. The van der Waals surface area contributed by atoms with Crippen LogP contribution >= 0.6 is 15.9 Å². The fraction of sp³-hybridized carbons (Fsp3) is 0.200. The number of hydrogen-bond donors (Lipinski definition) is 1. The van der Waals surface area contributed by atoms with Crippen LogP contribution in [0.4, 0.5) is 0 Å². The third kappa shape index (κ3) is 1.30. The van der Waals surface area contributed by atoms with E-state index in [1.807, 2.05) is 13.0 Å². The molecule has 14 heavy (non-hydrogen) atoms. The number of aryl methyl sites for hydroxylation is 1. The molecule has 0 amide bonds. The number of aromatic amines is 1. The maximum atomic E-state index is 8.71. The SMILES string of the molecule is Cc1[nH]c2nccc(Br)c2c1CC#N. The molecular weight excluding hydrogens is 242 g/mol. The molecule has 0 saturated carbocycles. The molecule has 0 fully saturated rings. The summed E-state index contributed by atoms with van der Waals surface area (Å²) in [5.41, 5.74) is 2.88. The number of rotatable bonds is 1. The third-order valence-corrected chi connectivity index (χ3v) is 2.88. The summed E-state index contributed by atoms with van der Waals surface area (Å²) in [6, 6.07) is 4.05. The van der Waals surface area contributed by atoms with E-state index >= 15 is 0 Å². The van der Waals surface area contributed by atoms with Crippen molar-refractivity contribution in [3.05, 3.63) is 28.0 Å². The third-order valence-electron chi connectivity index (χ3n) is 2.22. The quantitative estimate of drug-likeness (QED) is 0.845. The molecule has 70 valence electrons. The molecule has 2 aromatic heterocycles. The van der Waals surface area contributed by atoms with Crippen molar-refractivity contribution in [3.8, 4) is 6.07 Å². The van der Waals surface area contributed by atoms with Gasteiger partial charge in [-0.25, -0.2) is 4.98 Å². The minimum atomic E-state index is 0.413. The summed E-state index contributed by atoms with van der Waals surface area (Å²) in [4.78, 5) is 7.37. The summed E-state index contributed by atoms with van der Waals surface area (Å²) in [6.45, 7) is 1.96. The Hall–Kier alpha value is -1.34. The summed E-state index contributed by atoms with van der Waals surface area (Å²) in [5.74, 6) is 0. The Labute approximate surface area is 89.9 Å². The lowest BCUT2D eigenvalue weighted by Crippen LogP contribution is -1.83. The first-order chi connectivity index (χ1) is 6.74. The van der Waals surface area contributed by atoms with Crippen molar-refractivity contribution in [3.63, 3.8) is 0 Å². The van der Waals surface area contributed by atoms with Crippen LogP contribution in [0.25, 0.3) is 11.0 Å². The second-order valence-electron chi connectivity index (χ2n) is 3.08. The first-order valence-electron chi connectivity index (χ1n) is 4.22. The fourth-order valence-electron chi connectivity index (χ4n) is 1.56. The zero-order valence-corrected chi connectivity index (χ0v) is 9.22. The predicted molar refractivity (Wildman–Crippen MR) is 57.8 cm³/mol. The monoisotopic (exact) mass is 249 g/mol. The van der Waals surface area contributed by atoms with Crippen molar-refractivity contribution in [2.24, 2.45) is 0 Å². The highest BCUT2D eigenvalue weighted by atomic mass is 79.9. The highest BCUT2D eigenvalue weighted by Crippen LogP contribution is 2.27. The van der Waals surface area contributed by atoms with Crippen molar-refractivity contribution in [2.45, 2.75) is 13.3 Å². The minimum Gasteiger partial charge on any atom is -0.343 e. The van der Waals surface area contributed by atoms with Crippen LogP contribution in [-0.2, 0) is 6.42 Å². The predicted octanol–water partition coefficient (Wildman–Crippen LogP) is 2.70. The number of nitrogens with one attached hydrogen (secondary N) is 1. The normalized spacial score (nSPS) is 10.4. The number of pyridine rings is 1. The Kier molecular flexibility index (Phi) is 2.26. The van der Waals surface area contributed by atoms with Crippen molar-refractivity contribution >= 4 is 27.0 Å². The molecule has 0 aromatic carbocycles. The van der Waals surface area contributed by atoms with E-state index in [2.05, 4.69) is 32.0 Å². The van der Waals surface area contributed by atoms with Gasteiger partial charge in [0.25, 0.3) is 0 Å². The number of nitrogens with zero attached hydrogens (tertiary/aromatic N) is 2. The number of halogens is 1. The average Bonchev–Trinajstić information content (AvgIpc) is 2.45. The van der Waals surface area contributed by atoms with E-state index in [0.717, 1.165) is 26.8 Å². The van der Waals surface area contributed by atoms with Gasteiger partial charge >= 0.3 is 0 Å². The molecule has 0 unspecified atom stereocenters. The van der Waals surface area contributed by atoms with Gasteiger partial charge in [-0.05, 0) is 34.5 Å². The van der Waals surface area contributed by atoms with Crippen LogP contribution in [0.3, 0.4) is 0 Å². The van der Waals surface area contributed by atoms with Crippen LogP contribution in [-0.4, -0.2) is 9.97 Å². The van der Waals surface area contributed by atoms with E-state index in [9.17, 15) is 0 Å². The Balaban J connectivity index is 2.81. The van der Waals surface area contributed by atoms with Crippen molar-refractivity contribution in [1.82, 2.24) is 9.97 Å². The molecule has 0 bridgehead atoms. The van der Waals surface area contributed by atoms with E-state index < -0.39 is 0 Å². The molecule has 0 aliphatic rings. The molecule has 3 nitrogen and oxygen atoms in total. The molecular formula is C10H8BrN3. The van der Waals surface area contributed by atoms with Gasteiger partial charge in [-0.2, -0.15) is 5.26 Å². The first-order valence-corrected chi connectivity index (χ1v) is 5.02. The molecule has 0 atom stereocenters. The summed E-state index contributed by atoms with van der Waals surface area (Å²) >= 11 is 3.46. The number of aromatic nitrogens is 2. The van der Waals surface area contributed by atoms with Gasteiger partial charge in [0.1, 0.15) is 5.65 Å². The van der Waals surface area contributed by atoms with Gasteiger partial charge in [0.05, 0.1) is 12.5 Å². The van der Waals surface area contributed by atoms with Gasteiger partial charge in [-0.1, -0.05) is 0 Å². The number of nitriles is 1. The molecule has 1 N–H and O–H groups in total.